The van der Waals surface area contributed by atoms with Gasteiger partial charge >= 0.3 is 0 Å². The van der Waals surface area contributed by atoms with Crippen LogP contribution in [0, 0.1) is 18.6 Å². The second-order valence-electron chi connectivity index (χ2n) is 3.21. The number of nitrogens with zero attached hydrogens (tertiary/aromatic N) is 2. The normalized spacial score (nSPS) is 10.6. The average Bonchev–Trinajstić information content (AvgIpc) is 2.68. The highest BCUT2D eigenvalue weighted by Crippen LogP contribution is 2.29. The maximum Gasteiger partial charge on any atom is 0.262 e. The van der Waals surface area contributed by atoms with Gasteiger partial charge in [0.25, 0.3) is 5.22 Å². The molecule has 17 heavy (non-hydrogen) atoms. The van der Waals surface area contributed by atoms with Gasteiger partial charge in [0, 0.05) is 13.1 Å². The fourth-order valence-corrected chi connectivity index (χ4v) is 1.90. The van der Waals surface area contributed by atoms with Crippen molar-refractivity contribution >= 4 is 17.6 Å². The fraction of sp³-hybridized carbons (Fsp3) is 0.200. The maximum absolute atomic E-state index is 13.4. The summed E-state index contributed by atoms with van der Waals surface area (Å²) in [6, 6.07) is 0.775. The molecule has 2 heterocycles. The van der Waals surface area contributed by atoms with Crippen LogP contribution >= 0.6 is 11.8 Å². The Morgan fingerprint density at radius 2 is 2.06 bits per heavy atom. The van der Waals surface area contributed by atoms with Crippen molar-refractivity contribution in [2.24, 2.45) is 0 Å². The number of hydrogen-bond donors (Lipinski definition) is 1. The summed E-state index contributed by atoms with van der Waals surface area (Å²) in [4.78, 5) is 7.80. The van der Waals surface area contributed by atoms with Crippen LogP contribution in [-0.4, -0.2) is 17.0 Å². The summed E-state index contributed by atoms with van der Waals surface area (Å²) >= 11 is 0.903. The van der Waals surface area contributed by atoms with Crippen molar-refractivity contribution in [3.05, 3.63) is 29.7 Å². The Labute approximate surface area is 100 Å². The van der Waals surface area contributed by atoms with E-state index in [0.29, 0.717) is 5.69 Å². The third-order valence-electron chi connectivity index (χ3n) is 1.92. The molecule has 0 aliphatic heterocycles. The number of nitrogens with one attached hydrogen (secondary N) is 1. The van der Waals surface area contributed by atoms with Gasteiger partial charge in [-0.05, 0) is 18.7 Å². The van der Waals surface area contributed by atoms with Crippen molar-refractivity contribution in [3.8, 4) is 0 Å². The van der Waals surface area contributed by atoms with Gasteiger partial charge in [-0.2, -0.15) is 0 Å². The van der Waals surface area contributed by atoms with Crippen molar-refractivity contribution in [2.45, 2.75) is 17.2 Å². The Kier molecular flexibility index (Phi) is 3.28. The third kappa shape index (κ3) is 2.55. The van der Waals surface area contributed by atoms with Gasteiger partial charge in [0.1, 0.15) is 11.3 Å². The molecule has 7 heteroatoms. The fourth-order valence-electron chi connectivity index (χ4n) is 1.16. The van der Waals surface area contributed by atoms with E-state index >= 15 is 0 Å². The molecule has 0 aliphatic carbocycles. The van der Waals surface area contributed by atoms with E-state index in [-0.39, 0.29) is 16.1 Å². The number of halogens is 2. The zero-order chi connectivity index (χ0) is 12.4. The molecule has 2 aromatic rings. The van der Waals surface area contributed by atoms with Gasteiger partial charge in [-0.25, -0.2) is 18.7 Å². The van der Waals surface area contributed by atoms with Gasteiger partial charge in [0.05, 0.1) is 5.69 Å². The van der Waals surface area contributed by atoms with Crippen LogP contribution < -0.4 is 5.32 Å². The standard InChI is InChI=1S/C10H9F2N3OS/c1-5-4-16-10(14-5)17-9-7(12)3-6(11)8(13-2)15-9/h3-4H,1-2H3,(H,13,15). The van der Waals surface area contributed by atoms with E-state index in [9.17, 15) is 8.78 Å². The molecule has 0 fully saturated rings. The predicted molar refractivity (Wildman–Crippen MR) is 59.1 cm³/mol. The summed E-state index contributed by atoms with van der Waals surface area (Å²) in [5, 5.41) is 2.81. The first-order valence-electron chi connectivity index (χ1n) is 4.74. The minimum atomic E-state index is -0.748. The van der Waals surface area contributed by atoms with Crippen LogP contribution in [0.25, 0.3) is 0 Å². The van der Waals surface area contributed by atoms with Crippen molar-refractivity contribution in [1.82, 2.24) is 9.97 Å². The minimum Gasteiger partial charge on any atom is -0.439 e. The molecule has 0 aliphatic rings. The van der Waals surface area contributed by atoms with Crippen LogP contribution in [0.4, 0.5) is 14.6 Å². The zero-order valence-corrected chi connectivity index (χ0v) is 9.94. The second kappa shape index (κ2) is 4.70. The van der Waals surface area contributed by atoms with Crippen LogP contribution in [0.2, 0.25) is 0 Å². The Balaban J connectivity index is 2.32. The number of pyridine rings is 1. The Bertz CT molecular complexity index is 544. The molecule has 90 valence electrons. The first-order chi connectivity index (χ1) is 8.10. The molecule has 0 atom stereocenters. The van der Waals surface area contributed by atoms with Crippen molar-refractivity contribution in [3.63, 3.8) is 0 Å². The largest absolute Gasteiger partial charge is 0.439 e. The molecular weight excluding hydrogens is 248 g/mol. The molecule has 0 amide bonds. The van der Waals surface area contributed by atoms with E-state index in [4.69, 9.17) is 4.42 Å². The number of oxazole rings is 1. The van der Waals surface area contributed by atoms with Gasteiger partial charge in [0.2, 0.25) is 0 Å². The summed E-state index contributed by atoms with van der Waals surface area (Å²) < 4.78 is 31.7. The predicted octanol–water partition coefficient (Wildman–Crippen LogP) is 2.85. The molecule has 2 aromatic heterocycles. The lowest BCUT2D eigenvalue weighted by Crippen LogP contribution is -1.99. The lowest BCUT2D eigenvalue weighted by Gasteiger charge is -2.04. The van der Waals surface area contributed by atoms with Gasteiger partial charge < -0.3 is 9.73 Å². The Morgan fingerprint density at radius 1 is 1.29 bits per heavy atom. The van der Waals surface area contributed by atoms with E-state index in [1.165, 1.54) is 13.3 Å². The SMILES string of the molecule is CNc1nc(Sc2nc(C)co2)c(F)cc1F. The van der Waals surface area contributed by atoms with Gasteiger partial charge in [-0.15, -0.1) is 0 Å². The molecule has 0 aromatic carbocycles. The van der Waals surface area contributed by atoms with Crippen molar-refractivity contribution in [2.75, 3.05) is 12.4 Å². The molecule has 0 radical (unpaired) electrons. The third-order valence-corrected chi connectivity index (χ3v) is 2.76. The van der Waals surface area contributed by atoms with Gasteiger partial charge in [-0.1, -0.05) is 0 Å². The minimum absolute atomic E-state index is 0.0117. The van der Waals surface area contributed by atoms with Gasteiger partial charge in [-0.3, -0.25) is 0 Å². The number of aryl methyl sites for hydroxylation is 1. The zero-order valence-electron chi connectivity index (χ0n) is 9.12. The van der Waals surface area contributed by atoms with E-state index in [1.54, 1.807) is 6.92 Å². The summed E-state index contributed by atoms with van der Waals surface area (Å²) in [7, 11) is 1.51. The highest BCUT2D eigenvalue weighted by Gasteiger charge is 2.14. The number of anilines is 1. The van der Waals surface area contributed by atoms with Crippen LogP contribution in [0.15, 0.2) is 27.0 Å². The van der Waals surface area contributed by atoms with E-state index in [2.05, 4.69) is 15.3 Å². The average molecular weight is 257 g/mol. The molecule has 0 spiro atoms. The van der Waals surface area contributed by atoms with Crippen molar-refractivity contribution in [1.29, 1.82) is 0 Å². The topological polar surface area (TPSA) is 51.0 Å². The molecular formula is C10H9F2N3OS. The monoisotopic (exact) mass is 257 g/mol. The first-order valence-corrected chi connectivity index (χ1v) is 5.55. The summed E-state index contributed by atoms with van der Waals surface area (Å²) in [5.41, 5.74) is 0.684. The van der Waals surface area contributed by atoms with E-state index in [1.807, 2.05) is 0 Å². The van der Waals surface area contributed by atoms with Crippen molar-refractivity contribution < 1.29 is 13.2 Å². The van der Waals surface area contributed by atoms with Crippen LogP contribution in [0.1, 0.15) is 5.69 Å². The summed E-state index contributed by atoms with van der Waals surface area (Å²) in [6.45, 7) is 1.75. The van der Waals surface area contributed by atoms with Crippen LogP contribution in [0.3, 0.4) is 0 Å². The molecule has 4 nitrogen and oxygen atoms in total. The molecule has 0 bridgehead atoms. The summed E-state index contributed by atoms with van der Waals surface area (Å²) in [5.74, 6) is -1.50. The number of rotatable bonds is 3. The smallest absolute Gasteiger partial charge is 0.262 e. The molecule has 0 saturated carbocycles. The quantitative estimate of drug-likeness (QED) is 0.916. The Morgan fingerprint density at radius 3 is 2.65 bits per heavy atom. The summed E-state index contributed by atoms with van der Waals surface area (Å²) in [6.07, 6.45) is 1.45. The molecule has 0 unspecified atom stereocenters. The van der Waals surface area contributed by atoms with E-state index in [0.717, 1.165) is 17.8 Å². The molecule has 1 N–H and O–H groups in total. The van der Waals surface area contributed by atoms with Gasteiger partial charge in [0.15, 0.2) is 17.5 Å². The first kappa shape index (κ1) is 11.8. The number of hydrogen-bond acceptors (Lipinski definition) is 5. The lowest BCUT2D eigenvalue weighted by molar-refractivity contribution is 0.452. The van der Waals surface area contributed by atoms with Crippen LogP contribution in [-0.2, 0) is 0 Å². The Hall–Kier alpha value is -1.63. The second-order valence-corrected chi connectivity index (χ2v) is 4.15. The maximum atomic E-state index is 13.4. The van der Waals surface area contributed by atoms with Crippen LogP contribution in [0.5, 0.6) is 0 Å². The van der Waals surface area contributed by atoms with E-state index < -0.39 is 11.6 Å². The molecule has 2 rings (SSSR count). The highest BCUT2D eigenvalue weighted by atomic mass is 32.2. The lowest BCUT2D eigenvalue weighted by atomic mass is 10.4. The number of aromatic nitrogens is 2. The highest BCUT2D eigenvalue weighted by molar-refractivity contribution is 7.99. The molecule has 0 saturated heterocycles.